The van der Waals surface area contributed by atoms with Gasteiger partial charge in [0, 0.05) is 31.3 Å². The number of aryl methyl sites for hydroxylation is 1. The van der Waals surface area contributed by atoms with Crippen molar-refractivity contribution in [1.82, 2.24) is 20.8 Å². The normalized spacial score (nSPS) is 11.3. The minimum atomic E-state index is -0.574. The molecule has 27 heavy (non-hydrogen) atoms. The molecule has 2 rings (SSSR count). The number of aromatic nitrogens is 2. The molecule has 0 radical (unpaired) electrons. The molecule has 0 aliphatic rings. The van der Waals surface area contributed by atoms with E-state index in [0.717, 1.165) is 0 Å². The third kappa shape index (κ3) is 6.47. The van der Waals surface area contributed by atoms with E-state index in [-0.39, 0.29) is 30.0 Å². The average molecular weight is 376 g/mol. The van der Waals surface area contributed by atoms with Crippen LogP contribution in [-0.4, -0.2) is 35.0 Å². The molecule has 0 saturated carbocycles. The highest BCUT2D eigenvalue weighted by Gasteiger charge is 2.20. The fourth-order valence-electron chi connectivity index (χ4n) is 2.27. The summed E-state index contributed by atoms with van der Waals surface area (Å²) in [5.74, 6) is -0.0498. The third-order valence-corrected chi connectivity index (χ3v) is 3.78. The van der Waals surface area contributed by atoms with Gasteiger partial charge < -0.3 is 15.2 Å². The van der Waals surface area contributed by atoms with Crippen molar-refractivity contribution in [2.75, 3.05) is 13.1 Å². The molecule has 2 aromatic rings. The standard InChI is InChI=1S/C19H25FN4O3/c1-19(2,3)18-23-16(27-24-18)10-6-9-15(25)21-11-12-22-17(26)13-7-4-5-8-14(13)20/h4-5,7-8H,6,9-12H2,1-3H3,(H,21,25)(H,22,26). The molecular weight excluding hydrogens is 351 g/mol. The van der Waals surface area contributed by atoms with Crippen LogP contribution in [0.3, 0.4) is 0 Å². The van der Waals surface area contributed by atoms with Crippen molar-refractivity contribution >= 4 is 11.8 Å². The Morgan fingerprint density at radius 2 is 1.85 bits per heavy atom. The molecule has 0 aliphatic carbocycles. The Labute approximate surface area is 157 Å². The van der Waals surface area contributed by atoms with Gasteiger partial charge in [-0.1, -0.05) is 38.1 Å². The Bertz CT molecular complexity index is 783. The van der Waals surface area contributed by atoms with Crippen LogP contribution in [-0.2, 0) is 16.6 Å². The number of rotatable bonds is 8. The van der Waals surface area contributed by atoms with Crippen molar-refractivity contribution in [3.8, 4) is 0 Å². The van der Waals surface area contributed by atoms with Crippen LogP contribution in [0.1, 0.15) is 55.7 Å². The molecule has 1 heterocycles. The van der Waals surface area contributed by atoms with Crippen LogP contribution in [0.25, 0.3) is 0 Å². The van der Waals surface area contributed by atoms with E-state index < -0.39 is 11.7 Å². The van der Waals surface area contributed by atoms with Crippen molar-refractivity contribution in [3.05, 3.63) is 47.4 Å². The lowest BCUT2D eigenvalue weighted by Gasteiger charge is -2.10. The second-order valence-electron chi connectivity index (χ2n) is 7.20. The summed E-state index contributed by atoms with van der Waals surface area (Å²) in [6.45, 7) is 6.49. The Morgan fingerprint density at radius 3 is 2.52 bits per heavy atom. The third-order valence-electron chi connectivity index (χ3n) is 3.78. The highest BCUT2D eigenvalue weighted by atomic mass is 19.1. The highest BCUT2D eigenvalue weighted by Crippen LogP contribution is 2.18. The number of halogens is 1. The molecule has 0 fully saturated rings. The number of carbonyl (C=O) groups excluding carboxylic acids is 2. The van der Waals surface area contributed by atoms with Gasteiger partial charge in [-0.2, -0.15) is 4.98 Å². The van der Waals surface area contributed by atoms with Gasteiger partial charge in [0.15, 0.2) is 5.82 Å². The molecule has 0 atom stereocenters. The van der Waals surface area contributed by atoms with Gasteiger partial charge in [-0.3, -0.25) is 9.59 Å². The average Bonchev–Trinajstić information content (AvgIpc) is 3.08. The van der Waals surface area contributed by atoms with Crippen LogP contribution in [0.4, 0.5) is 4.39 Å². The molecule has 2 amide bonds. The predicted octanol–water partition coefficient (Wildman–Crippen LogP) is 2.38. The number of hydrogen-bond acceptors (Lipinski definition) is 5. The van der Waals surface area contributed by atoms with E-state index in [0.29, 0.717) is 31.0 Å². The molecule has 146 valence electrons. The second kappa shape index (κ2) is 9.25. The molecule has 0 aliphatic heterocycles. The Hall–Kier alpha value is -2.77. The van der Waals surface area contributed by atoms with E-state index in [2.05, 4.69) is 20.8 Å². The van der Waals surface area contributed by atoms with Gasteiger partial charge in [0.05, 0.1) is 5.56 Å². The second-order valence-corrected chi connectivity index (χ2v) is 7.20. The summed E-state index contributed by atoms with van der Waals surface area (Å²) in [5.41, 5.74) is -0.190. The fourth-order valence-corrected chi connectivity index (χ4v) is 2.27. The van der Waals surface area contributed by atoms with Gasteiger partial charge in [0.2, 0.25) is 11.8 Å². The molecule has 1 aromatic carbocycles. The van der Waals surface area contributed by atoms with Crippen LogP contribution in [0.15, 0.2) is 28.8 Å². The number of benzene rings is 1. The first kappa shape index (κ1) is 20.5. The lowest BCUT2D eigenvalue weighted by Crippen LogP contribution is -2.34. The maximum Gasteiger partial charge on any atom is 0.254 e. The van der Waals surface area contributed by atoms with Crippen LogP contribution in [0, 0.1) is 5.82 Å². The van der Waals surface area contributed by atoms with E-state index in [4.69, 9.17) is 4.52 Å². The first-order valence-electron chi connectivity index (χ1n) is 8.90. The zero-order chi connectivity index (χ0) is 19.9. The maximum atomic E-state index is 13.5. The molecular formula is C19H25FN4O3. The van der Waals surface area contributed by atoms with E-state index in [1.807, 2.05) is 20.8 Å². The number of hydrogen-bond donors (Lipinski definition) is 2. The van der Waals surface area contributed by atoms with Crippen molar-refractivity contribution in [1.29, 1.82) is 0 Å². The van der Waals surface area contributed by atoms with Crippen LogP contribution in [0.2, 0.25) is 0 Å². The minimum Gasteiger partial charge on any atom is -0.354 e. The number of nitrogens with zero attached hydrogens (tertiary/aromatic N) is 2. The van der Waals surface area contributed by atoms with Gasteiger partial charge in [-0.25, -0.2) is 4.39 Å². The summed E-state index contributed by atoms with van der Waals surface area (Å²) in [6.07, 6.45) is 1.42. The zero-order valence-electron chi connectivity index (χ0n) is 15.8. The summed E-state index contributed by atoms with van der Waals surface area (Å²) < 4.78 is 18.7. The van der Waals surface area contributed by atoms with Crippen molar-refractivity contribution in [3.63, 3.8) is 0 Å². The quantitative estimate of drug-likeness (QED) is 0.690. The molecule has 0 bridgehead atoms. The summed E-state index contributed by atoms with van der Waals surface area (Å²) in [5, 5.41) is 9.21. The van der Waals surface area contributed by atoms with Crippen molar-refractivity contribution in [2.45, 2.75) is 45.4 Å². The number of carbonyl (C=O) groups is 2. The van der Waals surface area contributed by atoms with Crippen LogP contribution < -0.4 is 10.6 Å². The largest absolute Gasteiger partial charge is 0.354 e. The molecule has 7 nitrogen and oxygen atoms in total. The lowest BCUT2D eigenvalue weighted by atomic mass is 9.96. The van der Waals surface area contributed by atoms with E-state index in [1.165, 1.54) is 18.2 Å². The first-order valence-corrected chi connectivity index (χ1v) is 8.90. The molecule has 0 spiro atoms. The fraction of sp³-hybridized carbons (Fsp3) is 0.474. The Balaban J connectivity index is 1.62. The first-order chi connectivity index (χ1) is 12.8. The van der Waals surface area contributed by atoms with E-state index in [9.17, 15) is 14.0 Å². The molecule has 0 unspecified atom stereocenters. The van der Waals surface area contributed by atoms with E-state index >= 15 is 0 Å². The Morgan fingerprint density at radius 1 is 1.15 bits per heavy atom. The smallest absolute Gasteiger partial charge is 0.254 e. The van der Waals surface area contributed by atoms with Gasteiger partial charge in [0.25, 0.3) is 5.91 Å². The summed E-state index contributed by atoms with van der Waals surface area (Å²) in [6, 6.07) is 5.74. The Kier molecular flexibility index (Phi) is 7.04. The summed E-state index contributed by atoms with van der Waals surface area (Å²) >= 11 is 0. The number of nitrogens with one attached hydrogen (secondary N) is 2. The lowest BCUT2D eigenvalue weighted by molar-refractivity contribution is -0.121. The monoisotopic (exact) mass is 376 g/mol. The zero-order valence-corrected chi connectivity index (χ0v) is 15.8. The highest BCUT2D eigenvalue weighted by molar-refractivity contribution is 5.94. The van der Waals surface area contributed by atoms with Crippen LogP contribution >= 0.6 is 0 Å². The molecule has 0 saturated heterocycles. The topological polar surface area (TPSA) is 97.1 Å². The van der Waals surface area contributed by atoms with Crippen molar-refractivity contribution < 1.29 is 18.5 Å². The molecule has 1 aromatic heterocycles. The SMILES string of the molecule is CC(C)(C)c1noc(CCCC(=O)NCCNC(=O)c2ccccc2F)n1. The minimum absolute atomic E-state index is 0.0157. The summed E-state index contributed by atoms with van der Waals surface area (Å²) in [7, 11) is 0. The molecule has 2 N–H and O–H groups in total. The van der Waals surface area contributed by atoms with Gasteiger partial charge in [0.1, 0.15) is 5.82 Å². The maximum absolute atomic E-state index is 13.5. The number of amides is 2. The van der Waals surface area contributed by atoms with Crippen molar-refractivity contribution in [2.24, 2.45) is 0 Å². The molecule has 8 heteroatoms. The van der Waals surface area contributed by atoms with E-state index in [1.54, 1.807) is 6.07 Å². The van der Waals surface area contributed by atoms with Gasteiger partial charge in [-0.15, -0.1) is 0 Å². The van der Waals surface area contributed by atoms with Gasteiger partial charge >= 0.3 is 0 Å². The summed E-state index contributed by atoms with van der Waals surface area (Å²) in [4.78, 5) is 28.0. The van der Waals surface area contributed by atoms with Gasteiger partial charge in [-0.05, 0) is 18.6 Å². The van der Waals surface area contributed by atoms with Crippen LogP contribution in [0.5, 0.6) is 0 Å². The predicted molar refractivity (Wildman–Crippen MR) is 97.7 cm³/mol.